The summed E-state index contributed by atoms with van der Waals surface area (Å²) in [5.74, 6) is 0.316. The second kappa shape index (κ2) is 9.13. The van der Waals surface area contributed by atoms with Crippen molar-refractivity contribution in [2.24, 2.45) is 11.8 Å². The van der Waals surface area contributed by atoms with Crippen LogP contribution in [0.4, 0.5) is 26.3 Å². The number of pyridine rings is 1. The zero-order valence-corrected chi connectivity index (χ0v) is 19.9. The second-order valence-electron chi connectivity index (χ2n) is 10.3. The zero-order valence-electron chi connectivity index (χ0n) is 19.9. The molecule has 2 bridgehead atoms. The Hall–Kier alpha value is -2.91. The third-order valence-electron chi connectivity index (χ3n) is 8.19. The van der Waals surface area contributed by atoms with Crippen molar-refractivity contribution in [1.82, 2.24) is 4.98 Å². The molecule has 6 rings (SSSR count). The summed E-state index contributed by atoms with van der Waals surface area (Å²) in [7, 11) is 0. The molecule has 0 radical (unpaired) electrons. The van der Waals surface area contributed by atoms with Gasteiger partial charge in [0.15, 0.2) is 0 Å². The molecule has 0 saturated carbocycles. The minimum absolute atomic E-state index is 0.0397. The van der Waals surface area contributed by atoms with Gasteiger partial charge < -0.3 is 9.59 Å². The number of quaternary nitrogens is 1. The fraction of sp³-hybridized carbons (Fsp3) is 0.393. The first-order valence-electron chi connectivity index (χ1n) is 12.2. The van der Waals surface area contributed by atoms with Crippen molar-refractivity contribution in [2.45, 2.75) is 43.9 Å². The summed E-state index contributed by atoms with van der Waals surface area (Å²) in [6.45, 7) is 4.93. The SMILES string of the molecule is C=C[C@H]1C[N@+]2(Cc3cc(C(F)(F)F)cc(C(F)(F)F)c3)CC[C@H]1C[C@@H]2[C@H](O)c1ccnc2ccccc12. The van der Waals surface area contributed by atoms with Crippen LogP contribution in [0.25, 0.3) is 10.9 Å². The Kier molecular flexibility index (Phi) is 6.35. The average Bonchev–Trinajstić information content (AvgIpc) is 2.86. The van der Waals surface area contributed by atoms with Gasteiger partial charge in [0.2, 0.25) is 0 Å². The average molecular weight is 522 g/mol. The van der Waals surface area contributed by atoms with Gasteiger partial charge in [-0.3, -0.25) is 4.98 Å². The maximum Gasteiger partial charge on any atom is 0.416 e. The Labute approximate surface area is 210 Å². The fourth-order valence-corrected chi connectivity index (χ4v) is 6.44. The molecule has 0 unspecified atom stereocenters. The van der Waals surface area contributed by atoms with Crippen molar-refractivity contribution in [3.63, 3.8) is 0 Å². The fourth-order valence-electron chi connectivity index (χ4n) is 6.44. The molecule has 3 aromatic rings. The maximum absolute atomic E-state index is 13.6. The summed E-state index contributed by atoms with van der Waals surface area (Å²) >= 11 is 0. The summed E-state index contributed by atoms with van der Waals surface area (Å²) in [6.07, 6.45) is -5.99. The van der Waals surface area contributed by atoms with Crippen LogP contribution >= 0.6 is 0 Å². The molecule has 3 saturated heterocycles. The number of alkyl halides is 6. The number of nitrogens with zero attached hydrogens (tertiary/aromatic N) is 2. The van der Waals surface area contributed by atoms with Crippen molar-refractivity contribution >= 4 is 10.9 Å². The number of aliphatic hydroxyl groups is 1. The smallest absolute Gasteiger partial charge is 0.382 e. The Morgan fingerprint density at radius 3 is 2.35 bits per heavy atom. The van der Waals surface area contributed by atoms with E-state index in [-0.39, 0.29) is 34.5 Å². The summed E-state index contributed by atoms with van der Waals surface area (Å²) < 4.78 is 81.6. The lowest BCUT2D eigenvalue weighted by Gasteiger charge is -2.58. The molecule has 3 aliphatic heterocycles. The molecule has 0 spiro atoms. The number of aromatic nitrogens is 1. The molecular weight excluding hydrogens is 494 g/mol. The minimum Gasteiger partial charge on any atom is -0.382 e. The molecule has 4 heterocycles. The Bertz CT molecular complexity index is 1280. The molecule has 1 aromatic heterocycles. The van der Waals surface area contributed by atoms with E-state index in [1.807, 2.05) is 30.3 Å². The van der Waals surface area contributed by atoms with Gasteiger partial charge in [-0.25, -0.2) is 0 Å². The van der Waals surface area contributed by atoms with Crippen LogP contribution in [0.2, 0.25) is 0 Å². The molecule has 196 valence electrons. The highest BCUT2D eigenvalue weighted by atomic mass is 19.4. The van der Waals surface area contributed by atoms with Gasteiger partial charge in [0.25, 0.3) is 0 Å². The predicted octanol–water partition coefficient (Wildman–Crippen LogP) is 6.92. The van der Waals surface area contributed by atoms with Crippen LogP contribution in [0.1, 0.15) is 41.2 Å². The van der Waals surface area contributed by atoms with E-state index >= 15 is 0 Å². The number of piperidine rings is 3. The van der Waals surface area contributed by atoms with E-state index in [1.165, 1.54) is 0 Å². The van der Waals surface area contributed by atoms with E-state index in [0.717, 1.165) is 23.9 Å². The van der Waals surface area contributed by atoms with E-state index < -0.39 is 35.6 Å². The van der Waals surface area contributed by atoms with Gasteiger partial charge in [0.05, 0.1) is 29.7 Å². The van der Waals surface area contributed by atoms with Gasteiger partial charge in [0.1, 0.15) is 18.7 Å². The molecule has 3 aliphatic rings. The van der Waals surface area contributed by atoms with E-state index in [9.17, 15) is 31.4 Å². The first-order valence-corrected chi connectivity index (χ1v) is 12.2. The van der Waals surface area contributed by atoms with Gasteiger partial charge >= 0.3 is 12.4 Å². The molecule has 5 atom stereocenters. The first-order chi connectivity index (χ1) is 17.4. The van der Waals surface area contributed by atoms with Crippen LogP contribution in [0.15, 0.2) is 67.4 Å². The quantitative estimate of drug-likeness (QED) is 0.225. The van der Waals surface area contributed by atoms with Crippen LogP contribution in [0.3, 0.4) is 0 Å². The number of benzene rings is 2. The number of para-hydroxylation sites is 1. The van der Waals surface area contributed by atoms with Crippen molar-refractivity contribution < 1.29 is 35.9 Å². The monoisotopic (exact) mass is 521 g/mol. The Balaban J connectivity index is 1.59. The standard InChI is InChI=1S/C28H27F6N2O/c1-2-18-16-36(15-17-11-20(27(29,30)31)14-21(12-17)28(32,33)34)10-8-19(18)13-25(36)26(37)23-7-9-35-24-6-4-3-5-22(23)24/h2-7,9,11-12,14,18-19,25-26,37H,1,8,10,13,15-16H2/q+1/t18-,19-,25+,26+,36+/m0/s1. The van der Waals surface area contributed by atoms with E-state index in [1.54, 1.807) is 12.3 Å². The van der Waals surface area contributed by atoms with E-state index in [0.29, 0.717) is 30.6 Å². The highest BCUT2D eigenvalue weighted by molar-refractivity contribution is 5.82. The minimum atomic E-state index is -4.91. The highest BCUT2D eigenvalue weighted by Crippen LogP contribution is 2.48. The van der Waals surface area contributed by atoms with Crippen molar-refractivity contribution in [3.05, 3.63) is 89.6 Å². The number of rotatable bonds is 5. The second-order valence-corrected chi connectivity index (χ2v) is 10.3. The third kappa shape index (κ3) is 4.75. The van der Waals surface area contributed by atoms with Crippen LogP contribution in [0, 0.1) is 11.8 Å². The molecule has 3 nitrogen and oxygen atoms in total. The predicted molar refractivity (Wildman–Crippen MR) is 127 cm³/mol. The first kappa shape index (κ1) is 25.7. The maximum atomic E-state index is 13.6. The number of aliphatic hydroxyl groups excluding tert-OH is 1. The van der Waals surface area contributed by atoms with E-state index in [2.05, 4.69) is 11.6 Å². The number of fused-ring (bicyclic) bond motifs is 4. The molecule has 3 fully saturated rings. The van der Waals surface area contributed by atoms with Crippen LogP contribution in [-0.4, -0.2) is 33.7 Å². The normalized spacial score (nSPS) is 26.8. The molecule has 0 amide bonds. The van der Waals surface area contributed by atoms with Gasteiger partial charge in [-0.1, -0.05) is 24.3 Å². The van der Waals surface area contributed by atoms with Crippen LogP contribution in [-0.2, 0) is 18.9 Å². The van der Waals surface area contributed by atoms with Crippen LogP contribution < -0.4 is 0 Å². The summed E-state index contributed by atoms with van der Waals surface area (Å²) in [5, 5.41) is 12.5. The molecule has 0 aliphatic carbocycles. The number of halogens is 6. The van der Waals surface area contributed by atoms with Crippen molar-refractivity contribution in [2.75, 3.05) is 13.1 Å². The van der Waals surface area contributed by atoms with E-state index in [4.69, 9.17) is 0 Å². The third-order valence-corrected chi connectivity index (χ3v) is 8.19. The lowest BCUT2D eigenvalue weighted by molar-refractivity contribution is -0.984. The molecule has 9 heteroatoms. The van der Waals surface area contributed by atoms with Crippen LogP contribution in [0.5, 0.6) is 0 Å². The van der Waals surface area contributed by atoms with Crippen molar-refractivity contribution in [3.8, 4) is 0 Å². The molecule has 2 aromatic carbocycles. The van der Waals surface area contributed by atoms with Gasteiger partial charge in [-0.2, -0.15) is 26.3 Å². The lowest BCUT2D eigenvalue weighted by atomic mass is 9.71. The molecule has 1 N–H and O–H groups in total. The lowest BCUT2D eigenvalue weighted by Crippen LogP contribution is -2.67. The Morgan fingerprint density at radius 2 is 1.70 bits per heavy atom. The highest BCUT2D eigenvalue weighted by Gasteiger charge is 2.54. The van der Waals surface area contributed by atoms with Gasteiger partial charge in [0, 0.05) is 35.9 Å². The molecule has 37 heavy (non-hydrogen) atoms. The number of hydrogen-bond acceptors (Lipinski definition) is 2. The van der Waals surface area contributed by atoms with Gasteiger partial charge in [-0.05, 0) is 41.8 Å². The van der Waals surface area contributed by atoms with Crippen molar-refractivity contribution in [1.29, 1.82) is 0 Å². The summed E-state index contributed by atoms with van der Waals surface area (Å²) in [5.41, 5.74) is -1.31. The summed E-state index contributed by atoms with van der Waals surface area (Å²) in [6, 6.07) is 10.5. The molecular formula is C28H27F6N2O+. The summed E-state index contributed by atoms with van der Waals surface area (Å²) in [4.78, 5) is 4.35. The topological polar surface area (TPSA) is 33.1 Å². The largest absolute Gasteiger partial charge is 0.416 e. The Morgan fingerprint density at radius 1 is 1.03 bits per heavy atom. The van der Waals surface area contributed by atoms with Gasteiger partial charge in [-0.15, -0.1) is 6.58 Å². The zero-order chi connectivity index (χ0) is 26.6. The number of hydrogen-bond donors (Lipinski definition) is 1.